The molecule has 1 amide bonds. The van der Waals surface area contributed by atoms with Crippen molar-refractivity contribution < 1.29 is 14.1 Å². The largest absolute Gasteiger partial charge is 0.346 e. The molecule has 166 valence electrons. The molecule has 0 fully saturated rings. The smallest absolute Gasteiger partial charge is 0.286 e. The molecule has 0 bridgehead atoms. The zero-order valence-corrected chi connectivity index (χ0v) is 17.8. The van der Waals surface area contributed by atoms with Gasteiger partial charge in [-0.2, -0.15) is 10.4 Å². The number of aromatic nitrogens is 4. The number of hydrogen-bond acceptors (Lipinski definition) is 6. The second kappa shape index (κ2) is 8.68. The van der Waals surface area contributed by atoms with Crippen molar-refractivity contribution >= 4 is 28.8 Å². The van der Waals surface area contributed by atoms with Crippen LogP contribution in [0.25, 0.3) is 16.9 Å². The van der Waals surface area contributed by atoms with Crippen molar-refractivity contribution in [1.29, 1.82) is 5.26 Å². The number of hydrogen-bond donors (Lipinski definition) is 1. The fraction of sp³-hybridized carbons (Fsp3) is 0.143. The minimum atomic E-state index is -0.729. The summed E-state index contributed by atoms with van der Waals surface area (Å²) in [6.07, 6.45) is 4.37. The summed E-state index contributed by atoms with van der Waals surface area (Å²) >= 11 is 5.96. The Morgan fingerprint density at radius 3 is 2.85 bits per heavy atom. The first-order valence-electron chi connectivity index (χ1n) is 9.62. The molecular formula is C21H15ClFN7O3. The van der Waals surface area contributed by atoms with Crippen LogP contribution in [-0.4, -0.2) is 36.0 Å². The van der Waals surface area contributed by atoms with E-state index in [0.29, 0.717) is 23.4 Å². The number of nitriles is 1. The predicted molar refractivity (Wildman–Crippen MR) is 116 cm³/mol. The van der Waals surface area contributed by atoms with Crippen LogP contribution in [0.5, 0.6) is 0 Å². The molecule has 1 N–H and O–H groups in total. The minimum Gasteiger partial charge on any atom is -0.346 e. The van der Waals surface area contributed by atoms with Crippen molar-refractivity contribution in [3.05, 3.63) is 81.1 Å². The lowest BCUT2D eigenvalue weighted by Gasteiger charge is -2.13. The summed E-state index contributed by atoms with van der Waals surface area (Å²) in [6, 6.07) is 8.47. The van der Waals surface area contributed by atoms with Crippen molar-refractivity contribution in [1.82, 2.24) is 24.5 Å². The van der Waals surface area contributed by atoms with E-state index < -0.39 is 16.6 Å². The quantitative estimate of drug-likeness (QED) is 0.340. The SMILES string of the molecule is CC(Cn1ccc(-c2cc(F)c(C#N)c(Cl)c2)n1)NC(=O)c1cn2cc([N+](=O)[O-])ccc2n1. The number of carbonyl (C=O) groups is 1. The number of nitrogens with zero attached hydrogens (tertiary/aromatic N) is 6. The van der Waals surface area contributed by atoms with Crippen LogP contribution in [0.15, 0.2) is 48.9 Å². The molecule has 4 aromatic rings. The molecule has 0 aliphatic rings. The van der Waals surface area contributed by atoms with Gasteiger partial charge in [-0.15, -0.1) is 0 Å². The number of rotatable bonds is 6. The Morgan fingerprint density at radius 1 is 1.36 bits per heavy atom. The highest BCUT2D eigenvalue weighted by atomic mass is 35.5. The van der Waals surface area contributed by atoms with Crippen LogP contribution in [0.3, 0.4) is 0 Å². The number of nitro groups is 1. The average molecular weight is 468 g/mol. The van der Waals surface area contributed by atoms with Gasteiger partial charge in [-0.05, 0) is 31.2 Å². The van der Waals surface area contributed by atoms with Crippen molar-refractivity contribution in [3.63, 3.8) is 0 Å². The Hall–Kier alpha value is -4.30. The van der Waals surface area contributed by atoms with E-state index in [1.807, 2.05) is 0 Å². The van der Waals surface area contributed by atoms with Crippen LogP contribution in [0, 0.1) is 27.3 Å². The van der Waals surface area contributed by atoms with Crippen LogP contribution in [0.4, 0.5) is 10.1 Å². The molecule has 12 heteroatoms. The van der Waals surface area contributed by atoms with Gasteiger partial charge in [-0.1, -0.05) is 11.6 Å². The Balaban J connectivity index is 1.44. The van der Waals surface area contributed by atoms with Crippen molar-refractivity contribution in [3.8, 4) is 17.3 Å². The monoisotopic (exact) mass is 467 g/mol. The van der Waals surface area contributed by atoms with Gasteiger partial charge < -0.3 is 5.32 Å². The Morgan fingerprint density at radius 2 is 2.15 bits per heavy atom. The molecule has 33 heavy (non-hydrogen) atoms. The van der Waals surface area contributed by atoms with Gasteiger partial charge >= 0.3 is 0 Å². The van der Waals surface area contributed by atoms with E-state index in [-0.39, 0.29) is 28.0 Å². The number of carbonyl (C=O) groups excluding carboxylic acids is 1. The highest BCUT2D eigenvalue weighted by molar-refractivity contribution is 6.32. The molecule has 10 nitrogen and oxygen atoms in total. The average Bonchev–Trinajstić information content (AvgIpc) is 3.39. The molecule has 3 heterocycles. The molecule has 0 saturated heterocycles. The molecule has 3 aromatic heterocycles. The summed E-state index contributed by atoms with van der Waals surface area (Å²) in [4.78, 5) is 27.1. The Bertz CT molecular complexity index is 1420. The van der Waals surface area contributed by atoms with Crippen LogP contribution in [0.1, 0.15) is 23.0 Å². The Kier molecular flexibility index (Phi) is 5.76. The Labute approximate surface area is 191 Å². The first-order valence-corrected chi connectivity index (χ1v) is 10.00. The molecule has 0 radical (unpaired) electrons. The van der Waals surface area contributed by atoms with Gasteiger partial charge in [0.2, 0.25) is 0 Å². The second-order valence-corrected chi connectivity index (χ2v) is 7.67. The normalized spacial score (nSPS) is 11.8. The third kappa shape index (κ3) is 4.51. The molecule has 0 aliphatic heterocycles. The highest BCUT2D eigenvalue weighted by Gasteiger charge is 2.17. The van der Waals surface area contributed by atoms with Crippen LogP contribution in [0.2, 0.25) is 5.02 Å². The van der Waals surface area contributed by atoms with Crippen LogP contribution >= 0.6 is 11.6 Å². The fourth-order valence-electron chi connectivity index (χ4n) is 3.27. The van der Waals surface area contributed by atoms with E-state index in [1.165, 1.54) is 41.1 Å². The van der Waals surface area contributed by atoms with Crippen molar-refractivity contribution in [2.45, 2.75) is 19.5 Å². The second-order valence-electron chi connectivity index (χ2n) is 7.26. The number of fused-ring (bicyclic) bond motifs is 1. The molecule has 1 unspecified atom stereocenters. The maximum absolute atomic E-state index is 14.0. The lowest BCUT2D eigenvalue weighted by molar-refractivity contribution is -0.385. The van der Waals surface area contributed by atoms with Crippen molar-refractivity contribution in [2.24, 2.45) is 0 Å². The zero-order chi connectivity index (χ0) is 23.7. The van der Waals surface area contributed by atoms with E-state index in [2.05, 4.69) is 15.4 Å². The van der Waals surface area contributed by atoms with Crippen molar-refractivity contribution in [2.75, 3.05) is 0 Å². The number of amides is 1. The van der Waals surface area contributed by atoms with E-state index in [4.69, 9.17) is 16.9 Å². The first kappa shape index (κ1) is 21.9. The lowest BCUT2D eigenvalue weighted by Crippen LogP contribution is -2.36. The summed E-state index contributed by atoms with van der Waals surface area (Å²) in [5, 5.41) is 27.0. The highest BCUT2D eigenvalue weighted by Crippen LogP contribution is 2.26. The number of benzene rings is 1. The van der Waals surface area contributed by atoms with Gasteiger partial charge in [0.05, 0.1) is 28.4 Å². The number of pyridine rings is 1. The summed E-state index contributed by atoms with van der Waals surface area (Å²) in [5.74, 6) is -1.17. The van der Waals surface area contributed by atoms with Gasteiger partial charge in [-0.3, -0.25) is 24.0 Å². The molecule has 0 saturated carbocycles. The summed E-state index contributed by atoms with van der Waals surface area (Å²) < 4.78 is 17.0. The maximum atomic E-state index is 14.0. The number of nitrogens with one attached hydrogen (secondary N) is 1. The van der Waals surface area contributed by atoms with E-state index in [0.717, 1.165) is 0 Å². The summed E-state index contributed by atoms with van der Waals surface area (Å²) in [7, 11) is 0. The molecule has 0 aliphatic carbocycles. The maximum Gasteiger partial charge on any atom is 0.286 e. The summed E-state index contributed by atoms with van der Waals surface area (Å²) in [6.45, 7) is 2.09. The lowest BCUT2D eigenvalue weighted by atomic mass is 10.1. The fourth-order valence-corrected chi connectivity index (χ4v) is 3.52. The number of halogens is 2. The van der Waals surface area contributed by atoms with Gasteiger partial charge in [0.15, 0.2) is 0 Å². The first-order chi connectivity index (χ1) is 15.7. The van der Waals surface area contributed by atoms with Gasteiger partial charge in [0.1, 0.15) is 28.8 Å². The third-order valence-corrected chi connectivity index (χ3v) is 5.11. The molecular weight excluding hydrogens is 453 g/mol. The molecule has 0 spiro atoms. The summed E-state index contributed by atoms with van der Waals surface area (Å²) in [5.41, 5.74) is 1.07. The third-order valence-electron chi connectivity index (χ3n) is 4.81. The van der Waals surface area contributed by atoms with E-state index >= 15 is 0 Å². The zero-order valence-electron chi connectivity index (χ0n) is 17.1. The standard InChI is InChI=1S/C21H15ClFN7O3/c1-12(25-21(31)19-11-28-10-14(30(32)33)2-3-20(28)26-19)9-29-5-4-18(27-29)13-6-16(22)15(8-24)17(23)7-13/h2-7,10-12H,9H2,1H3,(H,25,31). The van der Waals surface area contributed by atoms with Gasteiger partial charge in [-0.25, -0.2) is 9.37 Å². The predicted octanol–water partition coefficient (Wildman–Crippen LogP) is 3.59. The van der Waals surface area contributed by atoms with Gasteiger partial charge in [0, 0.05) is 30.1 Å². The number of imidazole rings is 1. The minimum absolute atomic E-state index is 0.000433. The molecule has 1 aromatic carbocycles. The molecule has 4 rings (SSSR count). The topological polar surface area (TPSA) is 131 Å². The van der Waals surface area contributed by atoms with Gasteiger partial charge in [0.25, 0.3) is 11.6 Å². The van der Waals surface area contributed by atoms with Crippen LogP contribution < -0.4 is 5.32 Å². The van der Waals surface area contributed by atoms with Crippen LogP contribution in [-0.2, 0) is 6.54 Å². The van der Waals surface area contributed by atoms with E-state index in [9.17, 15) is 19.3 Å². The van der Waals surface area contributed by atoms with E-state index in [1.54, 1.807) is 29.9 Å². The molecule has 1 atom stereocenters.